The number of hydrogen-bond acceptors (Lipinski definition) is 4. The number of rotatable bonds is 4. The zero-order chi connectivity index (χ0) is 14.1. The van der Waals surface area contributed by atoms with E-state index in [0.717, 1.165) is 26.8 Å². The SMILES string of the molecule is CC(NCc1cc(Br)c(Cl)s1)c1nnc2ccccn12. The number of hydrogen-bond donors (Lipinski definition) is 1. The van der Waals surface area contributed by atoms with Gasteiger partial charge in [0.05, 0.1) is 6.04 Å². The molecule has 0 saturated heterocycles. The fraction of sp³-hybridized carbons (Fsp3) is 0.231. The van der Waals surface area contributed by atoms with E-state index in [1.54, 1.807) is 11.3 Å². The molecule has 3 heterocycles. The average molecular weight is 372 g/mol. The third kappa shape index (κ3) is 2.74. The van der Waals surface area contributed by atoms with Crippen LogP contribution >= 0.6 is 38.9 Å². The van der Waals surface area contributed by atoms with Crippen molar-refractivity contribution >= 4 is 44.5 Å². The summed E-state index contributed by atoms with van der Waals surface area (Å²) < 4.78 is 3.72. The first-order chi connectivity index (χ1) is 9.65. The van der Waals surface area contributed by atoms with Crippen molar-refractivity contribution in [3.8, 4) is 0 Å². The van der Waals surface area contributed by atoms with E-state index < -0.39 is 0 Å². The minimum absolute atomic E-state index is 0.104. The van der Waals surface area contributed by atoms with Crippen molar-refractivity contribution in [2.45, 2.75) is 19.5 Å². The summed E-state index contributed by atoms with van der Waals surface area (Å²) in [5, 5.41) is 11.9. The minimum Gasteiger partial charge on any atom is -0.303 e. The van der Waals surface area contributed by atoms with Crippen molar-refractivity contribution in [1.29, 1.82) is 0 Å². The molecular formula is C13H12BrClN4S. The van der Waals surface area contributed by atoms with Crippen LogP contribution in [0, 0.1) is 0 Å². The van der Waals surface area contributed by atoms with Gasteiger partial charge in [0, 0.05) is 22.1 Å². The van der Waals surface area contributed by atoms with E-state index >= 15 is 0 Å². The number of aromatic nitrogens is 3. The van der Waals surface area contributed by atoms with E-state index in [0.29, 0.717) is 0 Å². The first-order valence-corrected chi connectivity index (χ1v) is 8.10. The third-order valence-electron chi connectivity index (χ3n) is 3.01. The molecule has 0 bridgehead atoms. The molecule has 3 aromatic heterocycles. The van der Waals surface area contributed by atoms with E-state index in [2.05, 4.69) is 38.4 Å². The highest BCUT2D eigenvalue weighted by Crippen LogP contribution is 2.32. The van der Waals surface area contributed by atoms with E-state index in [1.807, 2.05) is 34.9 Å². The Hall–Kier alpha value is -0.950. The van der Waals surface area contributed by atoms with Crippen molar-refractivity contribution in [3.05, 3.63) is 50.0 Å². The molecule has 3 rings (SSSR count). The Morgan fingerprint density at radius 1 is 1.45 bits per heavy atom. The predicted octanol–water partition coefficient (Wildman–Crippen LogP) is 4.06. The molecule has 0 aliphatic heterocycles. The van der Waals surface area contributed by atoms with Gasteiger partial charge in [0.15, 0.2) is 11.5 Å². The molecule has 1 N–H and O–H groups in total. The van der Waals surface area contributed by atoms with Gasteiger partial charge in [0.2, 0.25) is 0 Å². The lowest BCUT2D eigenvalue weighted by molar-refractivity contribution is 0.545. The standard InChI is InChI=1S/C13H12BrClN4S/c1-8(16-7-9-6-10(14)12(15)20-9)13-18-17-11-4-2-3-5-19(11)13/h2-6,8,16H,7H2,1H3. The lowest BCUT2D eigenvalue weighted by Gasteiger charge is -2.11. The van der Waals surface area contributed by atoms with Crippen LogP contribution in [-0.4, -0.2) is 14.6 Å². The van der Waals surface area contributed by atoms with Crippen LogP contribution in [0.15, 0.2) is 34.9 Å². The highest BCUT2D eigenvalue weighted by Gasteiger charge is 2.13. The smallest absolute Gasteiger partial charge is 0.160 e. The summed E-state index contributed by atoms with van der Waals surface area (Å²) in [4.78, 5) is 1.18. The molecule has 0 fully saturated rings. The summed E-state index contributed by atoms with van der Waals surface area (Å²) in [5.74, 6) is 0.905. The Balaban J connectivity index is 1.74. The van der Waals surface area contributed by atoms with Crippen molar-refractivity contribution in [2.75, 3.05) is 0 Å². The predicted molar refractivity (Wildman–Crippen MR) is 85.3 cm³/mol. The summed E-state index contributed by atoms with van der Waals surface area (Å²) in [7, 11) is 0. The van der Waals surface area contributed by atoms with Crippen molar-refractivity contribution < 1.29 is 0 Å². The molecule has 0 radical (unpaired) electrons. The van der Waals surface area contributed by atoms with Gasteiger partial charge in [-0.15, -0.1) is 21.5 Å². The Labute approximate surface area is 133 Å². The second-order valence-electron chi connectivity index (χ2n) is 4.42. The quantitative estimate of drug-likeness (QED) is 0.752. The van der Waals surface area contributed by atoms with Crippen LogP contribution in [0.2, 0.25) is 4.34 Å². The minimum atomic E-state index is 0.104. The maximum absolute atomic E-state index is 6.04. The number of thiophene rings is 1. The van der Waals surface area contributed by atoms with E-state index in [1.165, 1.54) is 4.88 Å². The van der Waals surface area contributed by atoms with Crippen LogP contribution in [0.1, 0.15) is 23.7 Å². The number of nitrogens with zero attached hydrogens (tertiary/aromatic N) is 3. The molecule has 0 aliphatic rings. The van der Waals surface area contributed by atoms with E-state index in [-0.39, 0.29) is 6.04 Å². The second kappa shape index (κ2) is 5.81. The van der Waals surface area contributed by atoms with Gasteiger partial charge in [-0.1, -0.05) is 17.7 Å². The first-order valence-electron chi connectivity index (χ1n) is 6.12. The van der Waals surface area contributed by atoms with Crippen molar-refractivity contribution in [2.24, 2.45) is 0 Å². The maximum atomic E-state index is 6.04. The zero-order valence-electron chi connectivity index (χ0n) is 10.7. The van der Waals surface area contributed by atoms with E-state index in [9.17, 15) is 0 Å². The van der Waals surface area contributed by atoms with Crippen LogP contribution in [0.4, 0.5) is 0 Å². The van der Waals surface area contributed by atoms with Gasteiger partial charge in [-0.05, 0) is 41.1 Å². The fourth-order valence-corrected chi connectivity index (χ4v) is 3.72. The Bertz CT molecular complexity index is 719. The molecule has 0 amide bonds. The Morgan fingerprint density at radius 2 is 2.30 bits per heavy atom. The molecule has 0 aromatic carbocycles. The molecule has 104 valence electrons. The summed E-state index contributed by atoms with van der Waals surface area (Å²) in [6.07, 6.45) is 1.97. The van der Waals surface area contributed by atoms with Crippen LogP contribution in [0.3, 0.4) is 0 Å². The van der Waals surface area contributed by atoms with Gasteiger partial charge < -0.3 is 5.32 Å². The van der Waals surface area contributed by atoms with E-state index in [4.69, 9.17) is 11.6 Å². The normalized spacial score (nSPS) is 12.9. The molecule has 3 aromatic rings. The molecule has 1 unspecified atom stereocenters. The molecule has 7 heteroatoms. The summed E-state index contributed by atoms with van der Waals surface area (Å²) in [6.45, 7) is 2.83. The van der Waals surface area contributed by atoms with Crippen LogP contribution in [0.5, 0.6) is 0 Å². The molecule has 1 atom stereocenters. The highest BCUT2D eigenvalue weighted by molar-refractivity contribution is 9.10. The fourth-order valence-electron chi connectivity index (χ4n) is 1.98. The zero-order valence-corrected chi connectivity index (χ0v) is 13.8. The molecule has 0 saturated carbocycles. The number of halogens is 2. The number of fused-ring (bicyclic) bond motifs is 1. The van der Waals surface area contributed by atoms with Crippen molar-refractivity contribution in [1.82, 2.24) is 19.9 Å². The second-order valence-corrected chi connectivity index (χ2v) is 7.02. The summed E-state index contributed by atoms with van der Waals surface area (Å²) in [6, 6.07) is 8.01. The average Bonchev–Trinajstić information content (AvgIpc) is 3.00. The molecule has 20 heavy (non-hydrogen) atoms. The molecule has 0 spiro atoms. The lowest BCUT2D eigenvalue weighted by atomic mass is 10.3. The lowest BCUT2D eigenvalue weighted by Crippen LogP contribution is -2.19. The van der Waals surface area contributed by atoms with Crippen LogP contribution in [-0.2, 0) is 6.54 Å². The first kappa shape index (κ1) is 14.0. The Kier molecular flexibility index (Phi) is 4.07. The topological polar surface area (TPSA) is 42.2 Å². The third-order valence-corrected chi connectivity index (χ3v) is 5.48. The van der Waals surface area contributed by atoms with Gasteiger partial charge >= 0.3 is 0 Å². The van der Waals surface area contributed by atoms with Gasteiger partial charge in [-0.2, -0.15) is 0 Å². The Morgan fingerprint density at radius 3 is 3.05 bits per heavy atom. The summed E-state index contributed by atoms with van der Waals surface area (Å²) >= 11 is 11.0. The number of nitrogens with one attached hydrogen (secondary N) is 1. The van der Waals surface area contributed by atoms with Gasteiger partial charge in [-0.3, -0.25) is 4.40 Å². The monoisotopic (exact) mass is 370 g/mol. The highest BCUT2D eigenvalue weighted by atomic mass is 79.9. The van der Waals surface area contributed by atoms with Gasteiger partial charge in [0.25, 0.3) is 0 Å². The molecule has 0 aliphatic carbocycles. The van der Waals surface area contributed by atoms with Gasteiger partial charge in [-0.25, -0.2) is 0 Å². The maximum Gasteiger partial charge on any atom is 0.160 e. The van der Waals surface area contributed by atoms with Crippen LogP contribution < -0.4 is 5.32 Å². The largest absolute Gasteiger partial charge is 0.303 e. The summed E-state index contributed by atoms with van der Waals surface area (Å²) in [5.41, 5.74) is 0.859. The van der Waals surface area contributed by atoms with Gasteiger partial charge in [0.1, 0.15) is 4.34 Å². The molecule has 4 nitrogen and oxygen atoms in total. The number of pyridine rings is 1. The van der Waals surface area contributed by atoms with Crippen molar-refractivity contribution in [3.63, 3.8) is 0 Å². The van der Waals surface area contributed by atoms with Crippen LogP contribution in [0.25, 0.3) is 5.65 Å². The molecular weight excluding hydrogens is 360 g/mol.